The molecule has 1 amide bonds. The first-order valence-corrected chi connectivity index (χ1v) is 11.1. The van der Waals surface area contributed by atoms with Gasteiger partial charge in [-0.15, -0.1) is 0 Å². The number of amides is 1. The van der Waals surface area contributed by atoms with Gasteiger partial charge in [-0.25, -0.2) is 4.79 Å². The SMILES string of the molecule is COc1ccc2c3c1O[C@H]1C(OC(=O)NC(C)CN)CC[C@@]4(C)[C@@H](C2)N(C)CC[C@]314. The average Bonchev–Trinajstić information content (AvgIpc) is 3.08. The maximum atomic E-state index is 12.6. The summed E-state index contributed by atoms with van der Waals surface area (Å²) in [5.74, 6) is 1.64. The molecule has 2 fully saturated rings. The fraction of sp³-hybridized carbons (Fsp3) is 0.696. The molecule has 1 aromatic carbocycles. The van der Waals surface area contributed by atoms with Gasteiger partial charge in [-0.3, -0.25) is 0 Å². The molecule has 6 atom stereocenters. The van der Waals surface area contributed by atoms with Gasteiger partial charge in [-0.2, -0.15) is 0 Å². The van der Waals surface area contributed by atoms with Gasteiger partial charge in [-0.05, 0) is 63.2 Å². The van der Waals surface area contributed by atoms with E-state index in [-0.39, 0.29) is 29.1 Å². The molecule has 1 aromatic rings. The van der Waals surface area contributed by atoms with E-state index in [1.165, 1.54) is 11.1 Å². The van der Waals surface area contributed by atoms with Gasteiger partial charge >= 0.3 is 6.09 Å². The molecule has 2 heterocycles. The zero-order valence-electron chi connectivity index (χ0n) is 18.4. The van der Waals surface area contributed by atoms with Crippen molar-refractivity contribution in [2.45, 2.75) is 69.2 Å². The third kappa shape index (κ3) is 2.42. The Balaban J connectivity index is 1.58. The summed E-state index contributed by atoms with van der Waals surface area (Å²) in [5, 5.41) is 2.83. The van der Waals surface area contributed by atoms with E-state index in [0.29, 0.717) is 12.6 Å². The monoisotopic (exact) mass is 415 g/mol. The van der Waals surface area contributed by atoms with E-state index in [2.05, 4.69) is 30.3 Å². The lowest BCUT2D eigenvalue weighted by Crippen LogP contribution is -2.72. The van der Waals surface area contributed by atoms with Gasteiger partial charge in [0.05, 0.1) is 7.11 Å². The average molecular weight is 416 g/mol. The number of carbonyl (C=O) groups excluding carboxylic acids is 1. The van der Waals surface area contributed by atoms with Crippen LogP contribution in [0.2, 0.25) is 0 Å². The van der Waals surface area contributed by atoms with Crippen molar-refractivity contribution in [3.63, 3.8) is 0 Å². The molecule has 30 heavy (non-hydrogen) atoms. The number of carbonyl (C=O) groups is 1. The first-order valence-electron chi connectivity index (χ1n) is 11.1. The van der Waals surface area contributed by atoms with Crippen molar-refractivity contribution in [3.8, 4) is 11.5 Å². The van der Waals surface area contributed by atoms with E-state index in [0.717, 1.165) is 43.7 Å². The molecule has 1 saturated carbocycles. The van der Waals surface area contributed by atoms with Gasteiger partial charge in [0.15, 0.2) is 11.5 Å². The van der Waals surface area contributed by atoms with E-state index in [1.807, 2.05) is 13.0 Å². The van der Waals surface area contributed by atoms with Crippen molar-refractivity contribution in [3.05, 3.63) is 23.3 Å². The van der Waals surface area contributed by atoms with E-state index in [1.54, 1.807) is 7.11 Å². The van der Waals surface area contributed by atoms with Gasteiger partial charge in [0.1, 0.15) is 12.2 Å². The molecular weight excluding hydrogens is 382 g/mol. The second-order valence-electron chi connectivity index (χ2n) is 9.77. The van der Waals surface area contributed by atoms with Crippen LogP contribution in [-0.4, -0.2) is 62.5 Å². The highest BCUT2D eigenvalue weighted by Gasteiger charge is 2.71. The number of likely N-dealkylation sites (N-methyl/N-ethyl adjacent to an activating group) is 1. The Bertz CT molecular complexity index is 876. The molecule has 0 radical (unpaired) electrons. The zero-order valence-corrected chi connectivity index (χ0v) is 18.4. The fourth-order valence-electron chi connectivity index (χ4n) is 6.88. The quantitative estimate of drug-likeness (QED) is 0.784. The number of methoxy groups -OCH3 is 1. The van der Waals surface area contributed by atoms with Crippen molar-refractivity contribution in [1.29, 1.82) is 0 Å². The molecular formula is C23H33N3O4. The summed E-state index contributed by atoms with van der Waals surface area (Å²) >= 11 is 0. The molecule has 2 bridgehead atoms. The highest BCUT2D eigenvalue weighted by Crippen LogP contribution is 2.69. The van der Waals surface area contributed by atoms with Crippen molar-refractivity contribution in [1.82, 2.24) is 10.2 Å². The first-order chi connectivity index (χ1) is 14.4. The molecule has 2 aliphatic heterocycles. The van der Waals surface area contributed by atoms with Gasteiger partial charge in [0.2, 0.25) is 0 Å². The van der Waals surface area contributed by atoms with E-state index < -0.39 is 6.09 Å². The summed E-state index contributed by atoms with van der Waals surface area (Å²) in [6.45, 7) is 5.69. The molecule has 2 unspecified atom stereocenters. The number of nitrogens with one attached hydrogen (secondary N) is 1. The highest BCUT2D eigenvalue weighted by molar-refractivity contribution is 5.68. The second kappa shape index (κ2) is 6.76. The van der Waals surface area contributed by atoms with Crippen LogP contribution in [0.5, 0.6) is 11.5 Å². The number of hydrogen-bond acceptors (Lipinski definition) is 6. The number of rotatable bonds is 4. The predicted molar refractivity (Wildman–Crippen MR) is 113 cm³/mol. The lowest BCUT2D eigenvalue weighted by molar-refractivity contribution is -0.148. The molecule has 2 aliphatic carbocycles. The fourth-order valence-corrected chi connectivity index (χ4v) is 6.88. The van der Waals surface area contributed by atoms with Crippen LogP contribution in [0.4, 0.5) is 4.79 Å². The van der Waals surface area contributed by atoms with Gasteiger partial charge in [0, 0.05) is 29.6 Å². The third-order valence-electron chi connectivity index (χ3n) is 8.43. The van der Waals surface area contributed by atoms with Crippen molar-refractivity contribution < 1.29 is 19.0 Å². The lowest BCUT2D eigenvalue weighted by Gasteiger charge is -2.65. The van der Waals surface area contributed by atoms with Crippen LogP contribution in [0, 0.1) is 5.41 Å². The molecule has 164 valence electrons. The summed E-state index contributed by atoms with van der Waals surface area (Å²) in [6, 6.07) is 4.56. The Kier molecular flexibility index (Phi) is 4.49. The Morgan fingerprint density at radius 1 is 1.43 bits per heavy atom. The van der Waals surface area contributed by atoms with Crippen LogP contribution < -0.4 is 20.5 Å². The lowest BCUT2D eigenvalue weighted by atomic mass is 9.44. The zero-order chi connectivity index (χ0) is 21.3. The predicted octanol–water partition coefficient (Wildman–Crippen LogP) is 2.20. The maximum Gasteiger partial charge on any atom is 0.407 e. The minimum Gasteiger partial charge on any atom is -0.493 e. The number of likely N-dealkylation sites (tertiary alicyclic amines) is 1. The standard InChI is InChI=1S/C23H33N3O4/c1-13(12-24)25-21(27)29-16-7-8-22(2)17-11-14-5-6-15(28-4)19-18(14)23(22,20(16)30-19)9-10-26(17)3/h5-6,13,16-17,20H,7-12,24H2,1-4H3,(H,25,27)/t13?,16?,17-,20+,22+,23+/m1/s1. The van der Waals surface area contributed by atoms with Crippen LogP contribution in [-0.2, 0) is 16.6 Å². The topological polar surface area (TPSA) is 86.0 Å². The summed E-state index contributed by atoms with van der Waals surface area (Å²) in [7, 11) is 3.93. The number of alkyl carbamates (subject to hydrolysis) is 1. The summed E-state index contributed by atoms with van der Waals surface area (Å²) in [6.07, 6.45) is 2.91. The molecule has 7 heteroatoms. The van der Waals surface area contributed by atoms with Gasteiger partial charge < -0.3 is 30.2 Å². The number of benzene rings is 1. The van der Waals surface area contributed by atoms with Gasteiger partial charge in [0.25, 0.3) is 0 Å². The summed E-state index contributed by atoms with van der Waals surface area (Å²) < 4.78 is 18.3. The molecule has 3 N–H and O–H groups in total. The summed E-state index contributed by atoms with van der Waals surface area (Å²) in [4.78, 5) is 15.1. The first kappa shape index (κ1) is 19.9. The van der Waals surface area contributed by atoms with E-state index >= 15 is 0 Å². The second-order valence-corrected chi connectivity index (χ2v) is 9.77. The highest BCUT2D eigenvalue weighted by atomic mass is 16.6. The molecule has 1 saturated heterocycles. The van der Waals surface area contributed by atoms with Crippen molar-refractivity contribution >= 4 is 6.09 Å². The Hall–Kier alpha value is -1.99. The minimum atomic E-state index is -0.412. The molecule has 5 rings (SSSR count). The number of piperidine rings is 1. The summed E-state index contributed by atoms with van der Waals surface area (Å²) in [5.41, 5.74) is 8.22. The molecule has 0 aromatic heterocycles. The Labute approximate surface area is 178 Å². The molecule has 7 nitrogen and oxygen atoms in total. The molecule has 1 spiro atoms. The van der Waals surface area contributed by atoms with Crippen molar-refractivity contribution in [2.24, 2.45) is 11.1 Å². The van der Waals surface area contributed by atoms with E-state index in [4.69, 9.17) is 19.9 Å². The van der Waals surface area contributed by atoms with Crippen LogP contribution in [0.3, 0.4) is 0 Å². The van der Waals surface area contributed by atoms with Gasteiger partial charge in [-0.1, -0.05) is 13.0 Å². The largest absolute Gasteiger partial charge is 0.493 e. The van der Waals surface area contributed by atoms with Crippen LogP contribution in [0.25, 0.3) is 0 Å². The Morgan fingerprint density at radius 2 is 2.23 bits per heavy atom. The van der Waals surface area contributed by atoms with E-state index in [9.17, 15) is 4.79 Å². The number of nitrogens with two attached hydrogens (primary N) is 1. The molecule has 4 aliphatic rings. The van der Waals surface area contributed by atoms with Crippen LogP contribution in [0.1, 0.15) is 44.2 Å². The Morgan fingerprint density at radius 3 is 2.97 bits per heavy atom. The van der Waals surface area contributed by atoms with Crippen molar-refractivity contribution in [2.75, 3.05) is 27.2 Å². The smallest absolute Gasteiger partial charge is 0.407 e. The number of ether oxygens (including phenoxy) is 3. The third-order valence-corrected chi connectivity index (χ3v) is 8.43. The normalized spacial score (nSPS) is 37.0. The minimum absolute atomic E-state index is 0.0656. The van der Waals surface area contributed by atoms with Crippen LogP contribution >= 0.6 is 0 Å². The van der Waals surface area contributed by atoms with Crippen LogP contribution in [0.15, 0.2) is 12.1 Å². The number of nitrogens with zero attached hydrogens (tertiary/aromatic N) is 1. The number of hydrogen-bond donors (Lipinski definition) is 2. The maximum absolute atomic E-state index is 12.6.